The average molecular weight is 368 g/mol. The second kappa shape index (κ2) is 7.45. The van der Waals surface area contributed by atoms with Crippen LogP contribution in [0, 0.1) is 0 Å². The number of nitrogens with zero attached hydrogens (tertiary/aromatic N) is 4. The highest BCUT2D eigenvalue weighted by Crippen LogP contribution is 2.42. The molecule has 0 radical (unpaired) electrons. The number of aromatic nitrogens is 2. The monoisotopic (exact) mass is 368 g/mol. The van der Waals surface area contributed by atoms with E-state index in [1.165, 1.54) is 0 Å². The Balaban J connectivity index is 1.57. The smallest absolute Gasteiger partial charge is 0.210 e. The van der Waals surface area contributed by atoms with Gasteiger partial charge in [0.15, 0.2) is 0 Å². The summed E-state index contributed by atoms with van der Waals surface area (Å²) in [5.74, 6) is 1.61. The number of hydrogen-bond donors (Lipinski definition) is 0. The van der Waals surface area contributed by atoms with Crippen molar-refractivity contribution in [3.63, 3.8) is 0 Å². The van der Waals surface area contributed by atoms with Gasteiger partial charge in [0.25, 0.3) is 0 Å². The van der Waals surface area contributed by atoms with E-state index in [-0.39, 0.29) is 11.3 Å². The van der Waals surface area contributed by atoms with Crippen LogP contribution in [0.2, 0.25) is 0 Å². The van der Waals surface area contributed by atoms with Crippen molar-refractivity contribution in [1.29, 1.82) is 0 Å². The Morgan fingerprint density at radius 2 is 2.38 bits per heavy atom. The zero-order valence-corrected chi connectivity index (χ0v) is 15.4. The van der Waals surface area contributed by atoms with Gasteiger partial charge in [0.05, 0.1) is 6.04 Å². The number of rotatable bonds is 5. The lowest BCUT2D eigenvalue weighted by atomic mass is 10.0. The van der Waals surface area contributed by atoms with Crippen LogP contribution in [-0.2, 0) is 11.3 Å². The molecule has 26 heavy (non-hydrogen) atoms. The van der Waals surface area contributed by atoms with Crippen LogP contribution in [0.4, 0.5) is 0 Å². The number of pyridine rings is 1. The Morgan fingerprint density at radius 3 is 3.19 bits per heavy atom. The van der Waals surface area contributed by atoms with E-state index in [2.05, 4.69) is 23.6 Å². The Kier molecular flexibility index (Phi) is 4.88. The van der Waals surface area contributed by atoms with Gasteiger partial charge in [-0.25, -0.2) is 4.98 Å². The first-order valence-corrected chi connectivity index (χ1v) is 9.58. The molecule has 7 heteroatoms. The molecule has 6 nitrogen and oxygen atoms in total. The van der Waals surface area contributed by atoms with Crippen LogP contribution in [0.3, 0.4) is 0 Å². The fourth-order valence-corrected chi connectivity index (χ4v) is 4.25. The molecular weight excluding hydrogens is 348 g/mol. The summed E-state index contributed by atoms with van der Waals surface area (Å²) in [6.45, 7) is 6.12. The van der Waals surface area contributed by atoms with E-state index in [0.717, 1.165) is 47.0 Å². The van der Waals surface area contributed by atoms with Crippen molar-refractivity contribution in [2.75, 3.05) is 6.61 Å². The van der Waals surface area contributed by atoms with Crippen molar-refractivity contribution in [3.05, 3.63) is 60.1 Å². The Bertz CT molecular complexity index is 860. The summed E-state index contributed by atoms with van der Waals surface area (Å²) in [6.07, 6.45) is 8.00. The molecule has 0 amide bonds. The molecule has 0 fully saturated rings. The molecular formula is C19H20N4O2S. The van der Waals surface area contributed by atoms with Crippen molar-refractivity contribution in [1.82, 2.24) is 9.97 Å². The minimum absolute atomic E-state index is 0.0612. The van der Waals surface area contributed by atoms with Crippen LogP contribution in [0.15, 0.2) is 51.7 Å². The van der Waals surface area contributed by atoms with Gasteiger partial charge in [0, 0.05) is 24.4 Å². The quantitative estimate of drug-likeness (QED) is 0.454. The highest BCUT2D eigenvalue weighted by molar-refractivity contribution is 8.14. The molecule has 4 rings (SSSR count). The SMILES string of the molecule is C=CCO/N=C1\CCCc2oc(C3SC(c4cccnc4)=NC3C)nc21. The molecule has 2 aromatic heterocycles. The number of aliphatic imine (C=N–C) groups is 1. The number of fused-ring (bicyclic) bond motifs is 1. The molecule has 1 aliphatic carbocycles. The zero-order chi connectivity index (χ0) is 17.9. The van der Waals surface area contributed by atoms with Gasteiger partial charge in [-0.3, -0.25) is 9.98 Å². The second-order valence-corrected chi connectivity index (χ2v) is 7.39. The van der Waals surface area contributed by atoms with Gasteiger partial charge in [-0.15, -0.1) is 0 Å². The second-order valence-electron chi connectivity index (χ2n) is 6.25. The maximum absolute atomic E-state index is 6.10. The third-order valence-corrected chi connectivity index (χ3v) is 5.74. The summed E-state index contributed by atoms with van der Waals surface area (Å²) in [7, 11) is 0. The number of aryl methyl sites for hydroxylation is 1. The topological polar surface area (TPSA) is 72.9 Å². The van der Waals surface area contributed by atoms with Crippen molar-refractivity contribution >= 4 is 22.5 Å². The maximum Gasteiger partial charge on any atom is 0.210 e. The third-order valence-electron chi connectivity index (χ3n) is 4.32. The number of thioether (sulfide) groups is 1. The van der Waals surface area contributed by atoms with Crippen LogP contribution < -0.4 is 0 Å². The molecule has 2 aromatic rings. The highest BCUT2D eigenvalue weighted by atomic mass is 32.2. The van der Waals surface area contributed by atoms with E-state index < -0.39 is 0 Å². The van der Waals surface area contributed by atoms with E-state index in [1.807, 2.05) is 18.3 Å². The molecule has 2 unspecified atom stereocenters. The predicted octanol–water partition coefficient (Wildman–Crippen LogP) is 3.94. The number of oxime groups is 1. The minimum Gasteiger partial charge on any atom is -0.444 e. The van der Waals surface area contributed by atoms with Gasteiger partial charge in [-0.1, -0.05) is 29.6 Å². The Hall–Kier alpha value is -2.41. The lowest BCUT2D eigenvalue weighted by molar-refractivity contribution is 0.174. The standard InChI is InChI=1S/C19H20N4O2S/c1-3-10-24-23-14-7-4-8-15-16(14)22-18(25-15)17-12(2)21-19(26-17)13-6-5-9-20-11-13/h3,5-6,9,11-12,17H,1,4,7-8,10H2,2H3/b23-14+. The fourth-order valence-electron chi connectivity index (χ4n) is 3.07. The van der Waals surface area contributed by atoms with Crippen LogP contribution in [0.1, 0.15) is 47.9 Å². The van der Waals surface area contributed by atoms with E-state index in [1.54, 1.807) is 24.0 Å². The first-order valence-electron chi connectivity index (χ1n) is 8.71. The summed E-state index contributed by atoms with van der Waals surface area (Å²) >= 11 is 1.68. The lowest BCUT2D eigenvalue weighted by Gasteiger charge is -2.09. The first kappa shape index (κ1) is 17.0. The van der Waals surface area contributed by atoms with Crippen LogP contribution in [0.5, 0.6) is 0 Å². The number of oxazole rings is 1. The molecule has 0 saturated heterocycles. The van der Waals surface area contributed by atoms with Gasteiger partial charge in [-0.2, -0.15) is 0 Å². The van der Waals surface area contributed by atoms with Crippen LogP contribution >= 0.6 is 11.8 Å². The molecule has 0 spiro atoms. The van der Waals surface area contributed by atoms with Gasteiger partial charge < -0.3 is 9.25 Å². The van der Waals surface area contributed by atoms with Crippen molar-refractivity contribution in [3.8, 4) is 0 Å². The van der Waals surface area contributed by atoms with Crippen molar-refractivity contribution < 1.29 is 9.25 Å². The Morgan fingerprint density at radius 1 is 1.46 bits per heavy atom. The van der Waals surface area contributed by atoms with Crippen LogP contribution in [0.25, 0.3) is 0 Å². The molecule has 0 bridgehead atoms. The van der Waals surface area contributed by atoms with Gasteiger partial charge >= 0.3 is 0 Å². The molecule has 2 atom stereocenters. The fraction of sp³-hybridized carbons (Fsp3) is 0.368. The summed E-state index contributed by atoms with van der Waals surface area (Å²) in [5.41, 5.74) is 2.72. The highest BCUT2D eigenvalue weighted by Gasteiger charge is 2.35. The minimum atomic E-state index is 0.0612. The summed E-state index contributed by atoms with van der Waals surface area (Å²) in [5, 5.41) is 5.26. The third kappa shape index (κ3) is 3.31. The largest absolute Gasteiger partial charge is 0.444 e. The van der Waals surface area contributed by atoms with Gasteiger partial charge in [-0.05, 0) is 31.9 Å². The average Bonchev–Trinajstić information content (AvgIpc) is 3.26. The van der Waals surface area contributed by atoms with Gasteiger partial charge in [0.1, 0.15) is 34.1 Å². The predicted molar refractivity (Wildman–Crippen MR) is 103 cm³/mol. The first-order chi connectivity index (χ1) is 12.8. The molecule has 1 aliphatic heterocycles. The molecule has 0 saturated carbocycles. The van der Waals surface area contributed by atoms with E-state index in [4.69, 9.17) is 19.2 Å². The number of hydrogen-bond acceptors (Lipinski definition) is 7. The van der Waals surface area contributed by atoms with Crippen LogP contribution in [-0.4, -0.2) is 33.4 Å². The molecule has 0 aromatic carbocycles. The van der Waals surface area contributed by atoms with Gasteiger partial charge in [0.2, 0.25) is 5.89 Å². The maximum atomic E-state index is 6.10. The van der Waals surface area contributed by atoms with Crippen molar-refractivity contribution in [2.24, 2.45) is 10.1 Å². The zero-order valence-electron chi connectivity index (χ0n) is 14.6. The molecule has 134 valence electrons. The van der Waals surface area contributed by atoms with E-state index >= 15 is 0 Å². The van der Waals surface area contributed by atoms with Crippen molar-refractivity contribution in [2.45, 2.75) is 37.5 Å². The van der Waals surface area contributed by atoms with E-state index in [9.17, 15) is 0 Å². The summed E-state index contributed by atoms with van der Waals surface area (Å²) in [4.78, 5) is 19.0. The molecule has 3 heterocycles. The Labute approximate surface area is 156 Å². The summed E-state index contributed by atoms with van der Waals surface area (Å²) in [6, 6.07) is 4.04. The normalized spacial score (nSPS) is 23.6. The summed E-state index contributed by atoms with van der Waals surface area (Å²) < 4.78 is 6.10. The molecule has 0 N–H and O–H groups in total. The molecule has 2 aliphatic rings. The van der Waals surface area contributed by atoms with E-state index in [0.29, 0.717) is 12.5 Å². The lowest BCUT2D eigenvalue weighted by Crippen LogP contribution is -2.12.